The van der Waals surface area contributed by atoms with Crippen molar-refractivity contribution < 1.29 is 24.2 Å². The molecule has 0 saturated heterocycles. The van der Waals surface area contributed by atoms with Gasteiger partial charge in [-0.05, 0) is 41.7 Å². The van der Waals surface area contributed by atoms with Gasteiger partial charge in [-0.25, -0.2) is 9.59 Å². The van der Waals surface area contributed by atoms with Crippen LogP contribution in [0.2, 0.25) is 0 Å². The molecule has 7 nitrogen and oxygen atoms in total. The zero-order chi connectivity index (χ0) is 25.1. The van der Waals surface area contributed by atoms with Crippen molar-refractivity contribution in [2.75, 3.05) is 13.7 Å². The Morgan fingerprint density at radius 2 is 1.49 bits per heavy atom. The van der Waals surface area contributed by atoms with Gasteiger partial charge in [0.25, 0.3) is 0 Å². The first-order valence-corrected chi connectivity index (χ1v) is 11.5. The molecule has 35 heavy (non-hydrogen) atoms. The maximum atomic E-state index is 13.2. The number of amides is 2. The number of aliphatic carboxylic acids is 1. The van der Waals surface area contributed by atoms with Gasteiger partial charge in [-0.3, -0.25) is 4.79 Å². The Bertz CT molecular complexity index is 1210. The number of likely N-dealkylation sites (N-methyl/N-ethyl adjacent to an activating group) is 1. The van der Waals surface area contributed by atoms with E-state index in [9.17, 15) is 19.5 Å². The number of rotatable bonds is 7. The van der Waals surface area contributed by atoms with Crippen LogP contribution in [0, 0.1) is 6.92 Å². The molecular weight excluding hydrogens is 444 g/mol. The van der Waals surface area contributed by atoms with Gasteiger partial charge in [-0.1, -0.05) is 78.4 Å². The van der Waals surface area contributed by atoms with Crippen molar-refractivity contribution in [2.45, 2.75) is 31.8 Å². The lowest BCUT2D eigenvalue weighted by molar-refractivity contribution is -0.149. The second kappa shape index (κ2) is 10.0. The van der Waals surface area contributed by atoms with E-state index in [0.29, 0.717) is 5.56 Å². The van der Waals surface area contributed by atoms with Crippen molar-refractivity contribution in [1.29, 1.82) is 0 Å². The molecule has 0 aliphatic heterocycles. The number of carboxylic acids is 1. The quantitative estimate of drug-likeness (QED) is 0.528. The minimum absolute atomic E-state index is 0.107. The van der Waals surface area contributed by atoms with Crippen LogP contribution in [0.1, 0.15) is 41.1 Å². The van der Waals surface area contributed by atoms with Gasteiger partial charge in [0, 0.05) is 13.0 Å². The molecule has 1 aliphatic carbocycles. The number of hydrogen-bond donors (Lipinski definition) is 2. The highest BCUT2D eigenvalue weighted by Gasteiger charge is 2.32. The lowest BCUT2D eigenvalue weighted by Gasteiger charge is -2.27. The van der Waals surface area contributed by atoms with Crippen molar-refractivity contribution in [2.24, 2.45) is 0 Å². The third-order valence-corrected chi connectivity index (χ3v) is 6.55. The molecule has 4 rings (SSSR count). The number of fused-ring (bicyclic) bond motifs is 3. The average molecular weight is 473 g/mol. The summed E-state index contributed by atoms with van der Waals surface area (Å²) in [6.07, 6.45) is -0.748. The third-order valence-electron chi connectivity index (χ3n) is 6.55. The summed E-state index contributed by atoms with van der Waals surface area (Å²) < 4.78 is 5.62. The van der Waals surface area contributed by atoms with E-state index in [0.717, 1.165) is 32.7 Å². The lowest BCUT2D eigenvalue weighted by atomic mass is 9.98. The predicted octanol–water partition coefficient (Wildman–Crippen LogP) is 4.51. The van der Waals surface area contributed by atoms with Gasteiger partial charge in [0.2, 0.25) is 5.91 Å². The van der Waals surface area contributed by atoms with Crippen molar-refractivity contribution in [3.63, 3.8) is 0 Å². The Morgan fingerprint density at radius 3 is 2.03 bits per heavy atom. The summed E-state index contributed by atoms with van der Waals surface area (Å²) in [5.41, 5.74) is 5.94. The highest BCUT2D eigenvalue weighted by molar-refractivity contribution is 5.90. The number of ether oxygens (including phenoxy) is 1. The molecule has 0 saturated carbocycles. The van der Waals surface area contributed by atoms with E-state index < -0.39 is 30.1 Å². The van der Waals surface area contributed by atoms with E-state index in [-0.39, 0.29) is 12.5 Å². The van der Waals surface area contributed by atoms with Crippen LogP contribution in [0.15, 0.2) is 72.8 Å². The van der Waals surface area contributed by atoms with E-state index in [1.54, 1.807) is 12.1 Å². The summed E-state index contributed by atoms with van der Waals surface area (Å²) in [5.74, 6) is -1.79. The van der Waals surface area contributed by atoms with E-state index in [2.05, 4.69) is 17.4 Å². The Kier molecular flexibility index (Phi) is 6.87. The largest absolute Gasteiger partial charge is 0.480 e. The molecule has 2 amide bonds. The number of nitrogens with one attached hydrogen (secondary N) is 1. The van der Waals surface area contributed by atoms with E-state index in [1.807, 2.05) is 55.5 Å². The number of carbonyl (C=O) groups excluding carboxylic acids is 2. The van der Waals surface area contributed by atoms with Crippen LogP contribution in [0.4, 0.5) is 4.79 Å². The Labute approximate surface area is 204 Å². The first-order chi connectivity index (χ1) is 16.8. The standard InChI is InChI=1S/C28H28N2O5/c1-17-12-14-19(15-13-17)25(26(31)30(3)18(2)27(32)33)29-28(34)35-16-24-22-10-6-4-8-20(22)21-9-5-7-11-23(21)24/h4-15,18,24-25H,16H2,1-3H3,(H,29,34)(H,32,33)/t18-,25?/m0/s1. The van der Waals surface area contributed by atoms with Crippen LogP contribution in [-0.4, -0.2) is 47.7 Å². The van der Waals surface area contributed by atoms with Gasteiger partial charge in [0.1, 0.15) is 18.7 Å². The molecule has 2 atom stereocenters. The molecule has 0 heterocycles. The first-order valence-electron chi connectivity index (χ1n) is 11.5. The first kappa shape index (κ1) is 24.0. The predicted molar refractivity (Wildman–Crippen MR) is 132 cm³/mol. The van der Waals surface area contributed by atoms with Gasteiger partial charge in [-0.2, -0.15) is 0 Å². The summed E-state index contributed by atoms with van der Waals surface area (Å²) in [6, 6.07) is 21.1. The monoisotopic (exact) mass is 472 g/mol. The number of hydrogen-bond acceptors (Lipinski definition) is 4. The number of carbonyl (C=O) groups is 3. The molecule has 2 N–H and O–H groups in total. The smallest absolute Gasteiger partial charge is 0.408 e. The second-order valence-electron chi connectivity index (χ2n) is 8.78. The molecular formula is C28H28N2O5. The minimum Gasteiger partial charge on any atom is -0.480 e. The van der Waals surface area contributed by atoms with Crippen molar-refractivity contribution >= 4 is 18.0 Å². The molecule has 0 bridgehead atoms. The van der Waals surface area contributed by atoms with Gasteiger partial charge in [0.15, 0.2) is 0 Å². The van der Waals surface area contributed by atoms with Crippen molar-refractivity contribution in [1.82, 2.24) is 10.2 Å². The van der Waals surface area contributed by atoms with Crippen molar-refractivity contribution in [3.05, 3.63) is 95.1 Å². The zero-order valence-corrected chi connectivity index (χ0v) is 19.9. The molecule has 1 unspecified atom stereocenters. The minimum atomic E-state index is -1.13. The van der Waals surface area contributed by atoms with Crippen LogP contribution in [-0.2, 0) is 14.3 Å². The topological polar surface area (TPSA) is 95.9 Å². The molecule has 7 heteroatoms. The molecule has 0 aromatic heterocycles. The van der Waals surface area contributed by atoms with Crippen LogP contribution >= 0.6 is 0 Å². The summed E-state index contributed by atoms with van der Waals surface area (Å²) in [4.78, 5) is 38.6. The second-order valence-corrected chi connectivity index (χ2v) is 8.78. The fourth-order valence-electron chi connectivity index (χ4n) is 4.36. The molecule has 3 aromatic rings. The summed E-state index contributed by atoms with van der Waals surface area (Å²) in [6.45, 7) is 3.44. The average Bonchev–Trinajstić information content (AvgIpc) is 3.19. The van der Waals surface area contributed by atoms with Crippen molar-refractivity contribution in [3.8, 4) is 11.1 Å². The van der Waals surface area contributed by atoms with Gasteiger partial charge >= 0.3 is 12.1 Å². The Balaban J connectivity index is 1.52. The number of carboxylic acid groups (broad SMARTS) is 1. The maximum absolute atomic E-state index is 13.2. The fourth-order valence-corrected chi connectivity index (χ4v) is 4.36. The highest BCUT2D eigenvalue weighted by atomic mass is 16.5. The van der Waals surface area contributed by atoms with Gasteiger partial charge < -0.3 is 20.1 Å². The van der Waals surface area contributed by atoms with Crippen LogP contribution < -0.4 is 5.32 Å². The third kappa shape index (κ3) is 4.89. The normalized spacial score (nSPS) is 13.8. The maximum Gasteiger partial charge on any atom is 0.408 e. The molecule has 3 aromatic carbocycles. The summed E-state index contributed by atoms with van der Waals surface area (Å²) in [7, 11) is 1.40. The van der Waals surface area contributed by atoms with Crippen LogP contribution in [0.5, 0.6) is 0 Å². The molecule has 180 valence electrons. The summed E-state index contributed by atoms with van der Waals surface area (Å²) in [5, 5.41) is 12.0. The van der Waals surface area contributed by atoms with Gasteiger partial charge in [0.05, 0.1) is 0 Å². The van der Waals surface area contributed by atoms with Crippen LogP contribution in [0.3, 0.4) is 0 Å². The van der Waals surface area contributed by atoms with E-state index in [1.165, 1.54) is 14.0 Å². The number of benzene rings is 3. The highest BCUT2D eigenvalue weighted by Crippen LogP contribution is 2.44. The van der Waals surface area contributed by atoms with E-state index in [4.69, 9.17) is 4.74 Å². The molecule has 0 fully saturated rings. The molecule has 1 aliphatic rings. The zero-order valence-electron chi connectivity index (χ0n) is 19.9. The molecule has 0 radical (unpaired) electrons. The Hall–Kier alpha value is -4.13. The number of alkyl carbamates (subject to hydrolysis) is 1. The number of nitrogens with zero attached hydrogens (tertiary/aromatic N) is 1. The lowest BCUT2D eigenvalue weighted by Crippen LogP contribution is -2.47. The summed E-state index contributed by atoms with van der Waals surface area (Å²) >= 11 is 0. The Morgan fingerprint density at radius 1 is 0.943 bits per heavy atom. The SMILES string of the molecule is Cc1ccc(C(NC(=O)OCC2c3ccccc3-c3ccccc32)C(=O)N(C)[C@@H](C)C(=O)O)cc1. The van der Waals surface area contributed by atoms with Gasteiger partial charge in [-0.15, -0.1) is 0 Å². The van der Waals surface area contributed by atoms with E-state index >= 15 is 0 Å². The number of aryl methyl sites for hydroxylation is 1. The molecule has 0 spiro atoms. The fraction of sp³-hybridized carbons (Fsp3) is 0.250. The van der Waals surface area contributed by atoms with Crippen LogP contribution in [0.25, 0.3) is 11.1 Å².